The van der Waals surface area contributed by atoms with Crippen LogP contribution in [0.5, 0.6) is 0 Å². The third-order valence-electron chi connectivity index (χ3n) is 4.21. The molecule has 0 spiro atoms. The molecule has 6 nitrogen and oxygen atoms in total. The Bertz CT molecular complexity index is 715. The van der Waals surface area contributed by atoms with Crippen LogP contribution in [0.15, 0.2) is 18.5 Å². The maximum Gasteiger partial charge on any atom is 0.158 e. The Balaban J connectivity index is 2.02. The predicted molar refractivity (Wildman–Crippen MR) is 83.1 cm³/mol. The summed E-state index contributed by atoms with van der Waals surface area (Å²) >= 11 is 0. The van der Waals surface area contributed by atoms with Crippen LogP contribution in [-0.2, 0) is 9.53 Å². The summed E-state index contributed by atoms with van der Waals surface area (Å²) in [6.07, 6.45) is 4.77. The Kier molecular flexibility index (Phi) is 3.70. The highest BCUT2D eigenvalue weighted by Crippen LogP contribution is 2.35. The van der Waals surface area contributed by atoms with Crippen molar-refractivity contribution in [2.75, 3.05) is 0 Å². The molecular weight excluding hydrogens is 280 g/mol. The predicted octanol–water partition coefficient (Wildman–Crippen LogP) is 2.84. The van der Waals surface area contributed by atoms with Gasteiger partial charge in [-0.05, 0) is 39.7 Å². The minimum absolute atomic E-state index is 0.0737. The first-order valence-electron chi connectivity index (χ1n) is 7.41. The molecule has 1 aliphatic heterocycles. The standard InChI is InChI=1S/C16H20N4O2/c1-9(17)16-10(2)20(8-12(16)13-6-7-18-19-13)15-5-4-14(22-15)11(3)21/h6-8,14-15,17H,4-5H2,1-3H3,(H,18,19)/t14-,15+/m0/s1. The van der Waals surface area contributed by atoms with Crippen LogP contribution in [0.4, 0.5) is 0 Å². The molecule has 2 aromatic heterocycles. The van der Waals surface area contributed by atoms with E-state index in [9.17, 15) is 4.79 Å². The molecule has 0 bridgehead atoms. The number of nitrogens with one attached hydrogen (secondary N) is 2. The molecule has 1 saturated heterocycles. The van der Waals surface area contributed by atoms with Crippen LogP contribution < -0.4 is 0 Å². The summed E-state index contributed by atoms with van der Waals surface area (Å²) < 4.78 is 7.91. The van der Waals surface area contributed by atoms with Gasteiger partial charge in [0.15, 0.2) is 5.78 Å². The van der Waals surface area contributed by atoms with E-state index in [1.165, 1.54) is 0 Å². The van der Waals surface area contributed by atoms with Gasteiger partial charge >= 0.3 is 0 Å². The number of ether oxygens (including phenoxy) is 1. The molecular formula is C16H20N4O2. The Morgan fingerprint density at radius 1 is 1.45 bits per heavy atom. The number of aromatic amines is 1. The molecule has 0 aliphatic carbocycles. The lowest BCUT2D eigenvalue weighted by molar-refractivity contribution is -0.129. The molecule has 2 atom stereocenters. The van der Waals surface area contributed by atoms with Crippen LogP contribution in [-0.4, -0.2) is 32.4 Å². The molecule has 3 heterocycles. The van der Waals surface area contributed by atoms with Gasteiger partial charge in [0.2, 0.25) is 0 Å². The molecule has 2 aromatic rings. The largest absolute Gasteiger partial charge is 0.347 e. The zero-order chi connectivity index (χ0) is 15.9. The fourth-order valence-electron chi connectivity index (χ4n) is 3.13. The first kappa shape index (κ1) is 14.7. The number of nitrogens with zero attached hydrogens (tertiary/aromatic N) is 2. The summed E-state index contributed by atoms with van der Waals surface area (Å²) in [5, 5.41) is 15.0. The van der Waals surface area contributed by atoms with Gasteiger partial charge in [0.05, 0.1) is 5.69 Å². The Hall–Kier alpha value is -2.21. The van der Waals surface area contributed by atoms with Crippen molar-refractivity contribution in [3.63, 3.8) is 0 Å². The van der Waals surface area contributed by atoms with E-state index in [1.807, 2.05) is 23.8 Å². The molecule has 6 heteroatoms. The molecule has 1 fully saturated rings. The van der Waals surface area contributed by atoms with E-state index in [0.717, 1.165) is 35.4 Å². The number of Topliss-reactive ketones (excluding diaryl/α,β-unsaturated/α-hetero) is 1. The number of carbonyl (C=O) groups excluding carboxylic acids is 1. The van der Waals surface area contributed by atoms with Gasteiger partial charge in [-0.2, -0.15) is 5.10 Å². The monoisotopic (exact) mass is 300 g/mol. The number of H-pyrrole nitrogens is 1. The summed E-state index contributed by atoms with van der Waals surface area (Å²) in [6.45, 7) is 5.33. The number of hydrogen-bond donors (Lipinski definition) is 2. The number of hydrogen-bond acceptors (Lipinski definition) is 4. The molecule has 116 valence electrons. The van der Waals surface area contributed by atoms with Crippen molar-refractivity contribution >= 4 is 11.5 Å². The SMILES string of the molecule is CC(=N)c1c(-c2ccn[nH]2)cn([C@H]2CC[C@@H](C(C)=O)O2)c1C. The summed E-state index contributed by atoms with van der Waals surface area (Å²) in [5.41, 5.74) is 4.19. The first-order valence-corrected chi connectivity index (χ1v) is 7.41. The Labute approximate surface area is 129 Å². The van der Waals surface area contributed by atoms with Gasteiger partial charge in [0.1, 0.15) is 12.3 Å². The quantitative estimate of drug-likeness (QED) is 0.852. The van der Waals surface area contributed by atoms with Gasteiger partial charge < -0.3 is 14.7 Å². The number of carbonyl (C=O) groups is 1. The number of aromatic nitrogens is 3. The minimum Gasteiger partial charge on any atom is -0.347 e. The molecule has 0 amide bonds. The highest BCUT2D eigenvalue weighted by molar-refractivity contribution is 6.03. The smallest absolute Gasteiger partial charge is 0.158 e. The highest BCUT2D eigenvalue weighted by Gasteiger charge is 2.31. The molecule has 2 N–H and O–H groups in total. The third-order valence-corrected chi connectivity index (χ3v) is 4.21. The van der Waals surface area contributed by atoms with Gasteiger partial charge in [-0.1, -0.05) is 0 Å². The van der Waals surface area contributed by atoms with E-state index in [2.05, 4.69) is 10.2 Å². The van der Waals surface area contributed by atoms with Crippen molar-refractivity contribution in [3.8, 4) is 11.3 Å². The van der Waals surface area contributed by atoms with Gasteiger partial charge in [0.25, 0.3) is 0 Å². The summed E-state index contributed by atoms with van der Waals surface area (Å²) in [5.74, 6) is 0.0737. The van der Waals surface area contributed by atoms with Crippen molar-refractivity contribution in [2.45, 2.75) is 45.9 Å². The zero-order valence-electron chi connectivity index (χ0n) is 13.0. The van der Waals surface area contributed by atoms with Gasteiger partial charge in [-0.25, -0.2) is 0 Å². The van der Waals surface area contributed by atoms with E-state index in [-0.39, 0.29) is 18.1 Å². The lowest BCUT2D eigenvalue weighted by Crippen LogP contribution is -2.18. The van der Waals surface area contributed by atoms with E-state index in [4.69, 9.17) is 10.1 Å². The van der Waals surface area contributed by atoms with E-state index >= 15 is 0 Å². The maximum absolute atomic E-state index is 11.5. The Morgan fingerprint density at radius 2 is 2.23 bits per heavy atom. The summed E-state index contributed by atoms with van der Waals surface area (Å²) in [7, 11) is 0. The molecule has 0 unspecified atom stereocenters. The molecule has 3 rings (SSSR count). The van der Waals surface area contributed by atoms with Crippen LogP contribution in [0.1, 0.15) is 44.2 Å². The van der Waals surface area contributed by atoms with E-state index < -0.39 is 0 Å². The minimum atomic E-state index is -0.313. The van der Waals surface area contributed by atoms with Crippen molar-refractivity contribution in [3.05, 3.63) is 29.7 Å². The molecule has 0 saturated carbocycles. The highest BCUT2D eigenvalue weighted by atomic mass is 16.5. The third kappa shape index (κ3) is 2.39. The fraction of sp³-hybridized carbons (Fsp3) is 0.438. The van der Waals surface area contributed by atoms with Gasteiger partial charge in [-0.3, -0.25) is 9.89 Å². The average molecular weight is 300 g/mol. The summed E-state index contributed by atoms with van der Waals surface area (Å²) in [4.78, 5) is 11.5. The van der Waals surface area contributed by atoms with Crippen LogP contribution >= 0.6 is 0 Å². The second kappa shape index (κ2) is 5.53. The Morgan fingerprint density at radius 3 is 2.77 bits per heavy atom. The topological polar surface area (TPSA) is 83.8 Å². The van der Waals surface area contributed by atoms with Crippen LogP contribution in [0.25, 0.3) is 11.3 Å². The molecule has 0 radical (unpaired) electrons. The van der Waals surface area contributed by atoms with Crippen molar-refractivity contribution < 1.29 is 9.53 Å². The number of ketones is 1. The van der Waals surface area contributed by atoms with Gasteiger partial charge in [-0.15, -0.1) is 0 Å². The van der Waals surface area contributed by atoms with Crippen LogP contribution in [0, 0.1) is 12.3 Å². The number of rotatable bonds is 4. The molecule has 0 aromatic carbocycles. The lowest BCUT2D eigenvalue weighted by Gasteiger charge is -2.16. The normalized spacial score (nSPS) is 21.2. The summed E-state index contributed by atoms with van der Waals surface area (Å²) in [6, 6.07) is 1.89. The second-order valence-corrected chi connectivity index (χ2v) is 5.77. The van der Waals surface area contributed by atoms with Gasteiger partial charge in [0, 0.05) is 34.9 Å². The van der Waals surface area contributed by atoms with Crippen LogP contribution in [0.3, 0.4) is 0 Å². The van der Waals surface area contributed by atoms with E-state index in [0.29, 0.717) is 5.71 Å². The maximum atomic E-state index is 11.5. The molecule has 22 heavy (non-hydrogen) atoms. The van der Waals surface area contributed by atoms with Crippen LogP contribution in [0.2, 0.25) is 0 Å². The van der Waals surface area contributed by atoms with Crippen molar-refractivity contribution in [1.29, 1.82) is 5.41 Å². The van der Waals surface area contributed by atoms with Crippen molar-refractivity contribution in [2.24, 2.45) is 0 Å². The van der Waals surface area contributed by atoms with Crippen molar-refractivity contribution in [1.82, 2.24) is 14.8 Å². The zero-order valence-corrected chi connectivity index (χ0v) is 13.0. The molecule has 1 aliphatic rings. The first-order chi connectivity index (χ1) is 10.5. The average Bonchev–Trinajstić information content (AvgIpc) is 3.16. The second-order valence-electron chi connectivity index (χ2n) is 5.77. The fourth-order valence-corrected chi connectivity index (χ4v) is 3.13. The van der Waals surface area contributed by atoms with E-state index in [1.54, 1.807) is 20.0 Å². The lowest BCUT2D eigenvalue weighted by atomic mass is 10.0.